The Bertz CT molecular complexity index is 613. The fraction of sp³-hybridized carbons (Fsp3) is 0.357. The molecule has 2 rings (SSSR count). The van der Waals surface area contributed by atoms with Crippen molar-refractivity contribution in [2.24, 2.45) is 0 Å². The van der Waals surface area contributed by atoms with E-state index in [4.69, 9.17) is 4.42 Å². The highest BCUT2D eigenvalue weighted by molar-refractivity contribution is 7.53. The minimum absolute atomic E-state index is 0.106. The molecule has 2 aromatic rings. The summed E-state index contributed by atoms with van der Waals surface area (Å²) in [4.78, 5) is 23.5. The van der Waals surface area contributed by atoms with Crippen molar-refractivity contribution in [1.29, 1.82) is 0 Å². The number of aromatic nitrogens is 1. The first kappa shape index (κ1) is 15.0. The molecule has 0 spiro atoms. The number of oxazole rings is 1. The first-order valence-electron chi connectivity index (χ1n) is 6.52. The third-order valence-corrected chi connectivity index (χ3v) is 5.63. The van der Waals surface area contributed by atoms with Crippen LogP contribution >= 0.6 is 7.60 Å². The highest BCUT2D eigenvalue weighted by atomic mass is 31.2. The molecule has 0 amide bonds. The Labute approximate surface area is 117 Å². The van der Waals surface area contributed by atoms with E-state index in [0.29, 0.717) is 5.76 Å². The van der Waals surface area contributed by atoms with Crippen LogP contribution in [0.3, 0.4) is 0 Å². The summed E-state index contributed by atoms with van der Waals surface area (Å²) in [6.45, 7) is 3.46. The Morgan fingerprint density at radius 2 is 1.80 bits per heavy atom. The van der Waals surface area contributed by atoms with Gasteiger partial charge in [-0.05, 0) is 12.8 Å². The lowest BCUT2D eigenvalue weighted by atomic mass is 10.0. The number of hydrogen-bond acceptors (Lipinski definition) is 3. The van der Waals surface area contributed by atoms with Crippen molar-refractivity contribution < 1.29 is 18.8 Å². The van der Waals surface area contributed by atoms with Gasteiger partial charge in [-0.25, -0.2) is 4.98 Å². The predicted octanol–water partition coefficient (Wildman–Crippen LogP) is 3.53. The van der Waals surface area contributed by atoms with E-state index in [9.17, 15) is 14.4 Å². The van der Waals surface area contributed by atoms with Crippen LogP contribution in [0.1, 0.15) is 32.6 Å². The lowest BCUT2D eigenvalue weighted by molar-refractivity contribution is 0.286. The zero-order chi connectivity index (χ0) is 14.8. The van der Waals surface area contributed by atoms with E-state index in [-0.39, 0.29) is 18.7 Å². The molecule has 5 nitrogen and oxygen atoms in total. The van der Waals surface area contributed by atoms with Crippen LogP contribution in [0.5, 0.6) is 0 Å². The van der Waals surface area contributed by atoms with Crippen molar-refractivity contribution in [3.63, 3.8) is 0 Å². The summed E-state index contributed by atoms with van der Waals surface area (Å²) in [5, 5.41) is -1.35. The van der Waals surface area contributed by atoms with E-state index in [0.717, 1.165) is 5.56 Å². The van der Waals surface area contributed by atoms with Gasteiger partial charge < -0.3 is 14.2 Å². The van der Waals surface area contributed by atoms with E-state index in [1.807, 2.05) is 30.3 Å². The summed E-state index contributed by atoms with van der Waals surface area (Å²) in [5.41, 5.74) is 0.832. The number of rotatable bonds is 5. The van der Waals surface area contributed by atoms with Crippen LogP contribution in [-0.2, 0) is 9.72 Å². The summed E-state index contributed by atoms with van der Waals surface area (Å²) >= 11 is 0. The third-order valence-electron chi connectivity index (χ3n) is 3.69. The molecule has 6 heteroatoms. The second kappa shape index (κ2) is 5.52. The molecule has 0 aliphatic heterocycles. The molecule has 0 radical (unpaired) electrons. The maximum Gasteiger partial charge on any atom is 0.340 e. The Hall–Kier alpha value is -1.42. The highest BCUT2D eigenvalue weighted by Gasteiger charge is 2.49. The summed E-state index contributed by atoms with van der Waals surface area (Å²) in [6.07, 6.45) is 2.05. The molecule has 0 saturated heterocycles. The van der Waals surface area contributed by atoms with Crippen molar-refractivity contribution >= 4 is 7.60 Å². The van der Waals surface area contributed by atoms with Crippen LogP contribution in [0, 0.1) is 0 Å². The van der Waals surface area contributed by atoms with Gasteiger partial charge in [-0.1, -0.05) is 44.2 Å². The Balaban J connectivity index is 2.48. The summed E-state index contributed by atoms with van der Waals surface area (Å²) in [7, 11) is -4.36. The van der Waals surface area contributed by atoms with Crippen LogP contribution in [0.4, 0.5) is 0 Å². The molecule has 2 N–H and O–H groups in total. The molecule has 20 heavy (non-hydrogen) atoms. The standard InChI is InChI=1S/C14H18NO4P/c1-3-14(4-2,20(16,17)18)13-15-10-12(19-13)11-8-6-5-7-9-11/h5-10H,3-4H2,1-2H3,(H2,16,17,18). The van der Waals surface area contributed by atoms with Gasteiger partial charge >= 0.3 is 7.60 Å². The minimum atomic E-state index is -4.36. The van der Waals surface area contributed by atoms with Crippen LogP contribution < -0.4 is 0 Å². The molecule has 0 aliphatic rings. The zero-order valence-corrected chi connectivity index (χ0v) is 12.4. The van der Waals surface area contributed by atoms with Crippen LogP contribution in [-0.4, -0.2) is 14.8 Å². The van der Waals surface area contributed by atoms with E-state index < -0.39 is 12.8 Å². The fourth-order valence-corrected chi connectivity index (χ4v) is 3.49. The third kappa shape index (κ3) is 2.44. The van der Waals surface area contributed by atoms with Gasteiger partial charge in [-0.2, -0.15) is 0 Å². The molecule has 0 aliphatic carbocycles. The molecule has 1 aromatic heterocycles. The zero-order valence-electron chi connectivity index (χ0n) is 11.5. The number of benzene rings is 1. The normalized spacial score (nSPS) is 12.6. The Kier molecular flexibility index (Phi) is 4.14. The number of nitrogens with zero attached hydrogens (tertiary/aromatic N) is 1. The molecular weight excluding hydrogens is 277 g/mol. The fourth-order valence-electron chi connectivity index (χ4n) is 2.31. The van der Waals surface area contributed by atoms with Gasteiger partial charge in [0, 0.05) is 5.56 Å². The molecular formula is C14H18NO4P. The summed E-state index contributed by atoms with van der Waals surface area (Å²) in [6, 6.07) is 9.35. The van der Waals surface area contributed by atoms with Crippen LogP contribution in [0.2, 0.25) is 0 Å². The minimum Gasteiger partial charge on any atom is -0.439 e. The average Bonchev–Trinajstić information content (AvgIpc) is 2.90. The lowest BCUT2D eigenvalue weighted by Crippen LogP contribution is -2.24. The topological polar surface area (TPSA) is 83.6 Å². The van der Waals surface area contributed by atoms with Crippen molar-refractivity contribution in [1.82, 2.24) is 4.98 Å². The largest absolute Gasteiger partial charge is 0.439 e. The van der Waals surface area contributed by atoms with Gasteiger partial charge in [0.2, 0.25) is 5.89 Å². The van der Waals surface area contributed by atoms with Gasteiger partial charge in [-0.3, -0.25) is 4.57 Å². The van der Waals surface area contributed by atoms with E-state index in [1.165, 1.54) is 6.20 Å². The van der Waals surface area contributed by atoms with Gasteiger partial charge in [0.1, 0.15) is 5.16 Å². The number of hydrogen-bond donors (Lipinski definition) is 2. The molecule has 1 aromatic carbocycles. The van der Waals surface area contributed by atoms with Crippen molar-refractivity contribution in [3.8, 4) is 11.3 Å². The maximum atomic E-state index is 11.9. The summed E-state index contributed by atoms with van der Waals surface area (Å²) < 4.78 is 17.5. The molecule has 108 valence electrons. The second-order valence-corrected chi connectivity index (χ2v) is 6.62. The SMILES string of the molecule is CCC(CC)(c1ncc(-c2ccccc2)o1)P(=O)(O)O. The first-order chi connectivity index (χ1) is 9.44. The molecule has 0 saturated carbocycles. The summed E-state index contributed by atoms with van der Waals surface area (Å²) in [5.74, 6) is 0.620. The van der Waals surface area contributed by atoms with Gasteiger partial charge in [-0.15, -0.1) is 0 Å². The Morgan fingerprint density at radius 3 is 2.30 bits per heavy atom. The maximum absolute atomic E-state index is 11.9. The van der Waals surface area contributed by atoms with E-state index >= 15 is 0 Å². The van der Waals surface area contributed by atoms with Gasteiger partial charge in [0.05, 0.1) is 6.20 Å². The average molecular weight is 295 g/mol. The van der Waals surface area contributed by atoms with Crippen molar-refractivity contribution in [3.05, 3.63) is 42.4 Å². The van der Waals surface area contributed by atoms with Crippen molar-refractivity contribution in [2.75, 3.05) is 0 Å². The first-order valence-corrected chi connectivity index (χ1v) is 8.13. The van der Waals surface area contributed by atoms with Gasteiger partial charge in [0.25, 0.3) is 0 Å². The highest BCUT2D eigenvalue weighted by Crippen LogP contribution is 2.60. The molecule has 1 heterocycles. The smallest absolute Gasteiger partial charge is 0.340 e. The molecule has 0 unspecified atom stereocenters. The molecule has 0 bridgehead atoms. The van der Waals surface area contributed by atoms with E-state index in [1.54, 1.807) is 13.8 Å². The molecule has 0 fully saturated rings. The second-order valence-electron chi connectivity index (χ2n) is 4.68. The van der Waals surface area contributed by atoms with Crippen molar-refractivity contribution in [2.45, 2.75) is 31.8 Å². The predicted molar refractivity (Wildman–Crippen MR) is 76.2 cm³/mol. The monoisotopic (exact) mass is 295 g/mol. The van der Waals surface area contributed by atoms with Gasteiger partial charge in [0.15, 0.2) is 5.76 Å². The van der Waals surface area contributed by atoms with Crippen LogP contribution in [0.15, 0.2) is 40.9 Å². The molecule has 0 atom stereocenters. The lowest BCUT2D eigenvalue weighted by Gasteiger charge is -2.28. The van der Waals surface area contributed by atoms with Crippen LogP contribution in [0.25, 0.3) is 11.3 Å². The van der Waals surface area contributed by atoms with E-state index in [2.05, 4.69) is 4.98 Å². The quantitative estimate of drug-likeness (QED) is 0.824. The Morgan fingerprint density at radius 1 is 1.20 bits per heavy atom.